The van der Waals surface area contributed by atoms with Gasteiger partial charge in [-0.2, -0.15) is 0 Å². The molecule has 1 aliphatic rings. The van der Waals surface area contributed by atoms with Crippen LogP contribution in [0.3, 0.4) is 0 Å². The van der Waals surface area contributed by atoms with Crippen molar-refractivity contribution in [1.29, 1.82) is 0 Å². The quantitative estimate of drug-likeness (QED) is 0.642. The average molecular weight is 237 g/mol. The van der Waals surface area contributed by atoms with Crippen LogP contribution in [0, 0.1) is 12.8 Å². The maximum absolute atomic E-state index is 11.6. The number of aromatic amines is 1. The lowest BCUT2D eigenvalue weighted by Crippen LogP contribution is -2.31. The summed E-state index contributed by atoms with van der Waals surface area (Å²) in [5.74, 6) is -0.583. The lowest BCUT2D eigenvalue weighted by Gasteiger charge is -2.05. The zero-order valence-corrected chi connectivity index (χ0v) is 9.70. The van der Waals surface area contributed by atoms with E-state index in [1.165, 1.54) is 0 Å². The largest absolute Gasteiger partial charge is 0.477 e. The fraction of sp³-hybridized carbons (Fsp3) is 0.455. The van der Waals surface area contributed by atoms with Crippen molar-refractivity contribution in [2.45, 2.75) is 26.3 Å². The van der Waals surface area contributed by atoms with E-state index in [2.05, 4.69) is 15.6 Å². The van der Waals surface area contributed by atoms with Crippen LogP contribution in [-0.4, -0.2) is 28.1 Å². The van der Waals surface area contributed by atoms with Gasteiger partial charge in [0.15, 0.2) is 0 Å². The highest BCUT2D eigenvalue weighted by Gasteiger charge is 2.34. The Morgan fingerprint density at radius 2 is 2.18 bits per heavy atom. The zero-order chi connectivity index (χ0) is 12.6. The van der Waals surface area contributed by atoms with Gasteiger partial charge in [0, 0.05) is 11.7 Å². The molecule has 92 valence electrons. The minimum Gasteiger partial charge on any atom is -0.477 e. The minimum atomic E-state index is -1.09. The molecule has 0 aromatic carbocycles. The van der Waals surface area contributed by atoms with Gasteiger partial charge in [0.25, 0.3) is 0 Å². The molecule has 1 aromatic rings. The molecule has 17 heavy (non-hydrogen) atoms. The van der Waals surface area contributed by atoms with Crippen molar-refractivity contribution in [2.75, 3.05) is 5.32 Å². The van der Waals surface area contributed by atoms with Crippen LogP contribution in [0.25, 0.3) is 0 Å². The number of aromatic nitrogens is 1. The van der Waals surface area contributed by atoms with Gasteiger partial charge >= 0.3 is 12.0 Å². The monoisotopic (exact) mass is 237 g/mol. The topological polar surface area (TPSA) is 94.2 Å². The Bertz CT molecular complexity index is 467. The summed E-state index contributed by atoms with van der Waals surface area (Å²) in [7, 11) is 0. The fourth-order valence-corrected chi connectivity index (χ4v) is 1.71. The molecule has 0 radical (unpaired) electrons. The number of carboxylic acids is 1. The van der Waals surface area contributed by atoms with Crippen molar-refractivity contribution in [3.63, 3.8) is 0 Å². The Labute approximate surface area is 98.4 Å². The molecular weight excluding hydrogens is 222 g/mol. The van der Waals surface area contributed by atoms with Gasteiger partial charge in [0.05, 0.1) is 5.69 Å². The third-order valence-corrected chi connectivity index (χ3v) is 2.84. The highest BCUT2D eigenvalue weighted by atomic mass is 16.4. The lowest BCUT2D eigenvalue weighted by atomic mass is 10.3. The molecule has 2 atom stereocenters. The van der Waals surface area contributed by atoms with E-state index in [1.54, 1.807) is 13.0 Å². The standard InChI is InChI=1S/C11H15N3O3/c1-5-3-7(5)13-11(17)14-8-4-6(2)12-9(8)10(15)16/h4-5,7,12H,3H2,1-2H3,(H,15,16)(H2,13,14,17). The van der Waals surface area contributed by atoms with E-state index in [0.29, 0.717) is 17.3 Å². The summed E-state index contributed by atoms with van der Waals surface area (Å²) in [5, 5.41) is 14.2. The van der Waals surface area contributed by atoms with Crippen molar-refractivity contribution in [3.05, 3.63) is 17.5 Å². The number of H-pyrrole nitrogens is 1. The fourth-order valence-electron chi connectivity index (χ4n) is 1.71. The number of carboxylic acid groups (broad SMARTS) is 1. The smallest absolute Gasteiger partial charge is 0.354 e. The van der Waals surface area contributed by atoms with Gasteiger partial charge < -0.3 is 20.7 Å². The third-order valence-electron chi connectivity index (χ3n) is 2.84. The molecule has 0 spiro atoms. The molecule has 6 heteroatoms. The third kappa shape index (κ3) is 2.58. The number of carbonyl (C=O) groups is 2. The Kier molecular flexibility index (Phi) is 2.79. The van der Waals surface area contributed by atoms with Crippen LogP contribution in [0.5, 0.6) is 0 Å². The number of nitrogens with one attached hydrogen (secondary N) is 3. The predicted octanol–water partition coefficient (Wildman–Crippen LogP) is 1.55. The number of urea groups is 1. The summed E-state index contributed by atoms with van der Waals surface area (Å²) >= 11 is 0. The van der Waals surface area contributed by atoms with Crippen molar-refractivity contribution in [2.24, 2.45) is 5.92 Å². The van der Waals surface area contributed by atoms with Gasteiger partial charge in [-0.25, -0.2) is 9.59 Å². The second kappa shape index (κ2) is 4.12. The van der Waals surface area contributed by atoms with Crippen molar-refractivity contribution < 1.29 is 14.7 Å². The summed E-state index contributed by atoms with van der Waals surface area (Å²) in [6.07, 6.45) is 0.978. The summed E-state index contributed by atoms with van der Waals surface area (Å²) in [6.45, 7) is 3.78. The first kappa shape index (κ1) is 11.5. The Morgan fingerprint density at radius 1 is 1.53 bits per heavy atom. The lowest BCUT2D eigenvalue weighted by molar-refractivity contribution is 0.0692. The van der Waals surface area contributed by atoms with E-state index < -0.39 is 5.97 Å². The van der Waals surface area contributed by atoms with E-state index in [9.17, 15) is 9.59 Å². The second-order valence-corrected chi connectivity index (χ2v) is 4.46. The van der Waals surface area contributed by atoms with E-state index >= 15 is 0 Å². The number of aryl methyl sites for hydroxylation is 1. The van der Waals surface area contributed by atoms with E-state index in [0.717, 1.165) is 6.42 Å². The number of hydrogen-bond donors (Lipinski definition) is 4. The SMILES string of the molecule is Cc1cc(NC(=O)NC2CC2C)c(C(=O)O)[nH]1. The molecule has 1 fully saturated rings. The number of aromatic carboxylic acids is 1. The molecule has 0 saturated heterocycles. The van der Waals surface area contributed by atoms with Crippen LogP contribution >= 0.6 is 0 Å². The van der Waals surface area contributed by atoms with Crippen LogP contribution in [-0.2, 0) is 0 Å². The first-order valence-corrected chi connectivity index (χ1v) is 5.48. The Morgan fingerprint density at radius 3 is 2.71 bits per heavy atom. The normalized spacial score (nSPS) is 22.0. The maximum atomic E-state index is 11.6. The Hall–Kier alpha value is -1.98. The van der Waals surface area contributed by atoms with Crippen LogP contribution in [0.15, 0.2) is 6.07 Å². The molecule has 2 amide bonds. The van der Waals surface area contributed by atoms with E-state index in [1.807, 2.05) is 6.92 Å². The molecule has 0 bridgehead atoms. The molecule has 4 N–H and O–H groups in total. The van der Waals surface area contributed by atoms with Crippen molar-refractivity contribution in [3.8, 4) is 0 Å². The second-order valence-electron chi connectivity index (χ2n) is 4.46. The molecule has 1 aliphatic carbocycles. The van der Waals surface area contributed by atoms with Crippen LogP contribution in [0.4, 0.5) is 10.5 Å². The van der Waals surface area contributed by atoms with Gasteiger partial charge in [-0.3, -0.25) is 0 Å². The van der Waals surface area contributed by atoms with Crippen LogP contribution in [0.2, 0.25) is 0 Å². The van der Waals surface area contributed by atoms with Gasteiger partial charge in [-0.15, -0.1) is 0 Å². The van der Waals surface area contributed by atoms with Crippen LogP contribution in [0.1, 0.15) is 29.5 Å². The number of anilines is 1. The van der Waals surface area contributed by atoms with Gasteiger partial charge in [0.2, 0.25) is 0 Å². The van der Waals surface area contributed by atoms with Gasteiger partial charge in [-0.1, -0.05) is 6.92 Å². The minimum absolute atomic E-state index is 0.00138. The molecule has 1 aromatic heterocycles. The highest BCUT2D eigenvalue weighted by Crippen LogP contribution is 2.29. The summed E-state index contributed by atoms with van der Waals surface area (Å²) in [5.41, 5.74) is 0.986. The van der Waals surface area contributed by atoms with E-state index in [-0.39, 0.29) is 17.8 Å². The van der Waals surface area contributed by atoms with Crippen LogP contribution < -0.4 is 10.6 Å². The number of hydrogen-bond acceptors (Lipinski definition) is 2. The average Bonchev–Trinajstić information content (AvgIpc) is 2.73. The van der Waals surface area contributed by atoms with Crippen molar-refractivity contribution >= 4 is 17.7 Å². The summed E-state index contributed by atoms with van der Waals surface area (Å²) in [4.78, 5) is 25.1. The Balaban J connectivity index is 2.02. The predicted molar refractivity (Wildman–Crippen MR) is 62.2 cm³/mol. The van der Waals surface area contributed by atoms with Gasteiger partial charge in [0.1, 0.15) is 5.69 Å². The first-order chi connectivity index (χ1) is 7.97. The number of carbonyl (C=O) groups excluding carboxylic acids is 1. The molecule has 2 rings (SSSR count). The number of amides is 2. The van der Waals surface area contributed by atoms with E-state index in [4.69, 9.17) is 5.11 Å². The molecule has 6 nitrogen and oxygen atoms in total. The zero-order valence-electron chi connectivity index (χ0n) is 9.70. The molecule has 2 unspecified atom stereocenters. The van der Waals surface area contributed by atoms with Crippen molar-refractivity contribution in [1.82, 2.24) is 10.3 Å². The molecular formula is C11H15N3O3. The van der Waals surface area contributed by atoms with Gasteiger partial charge in [-0.05, 0) is 25.3 Å². The maximum Gasteiger partial charge on any atom is 0.354 e. The number of rotatable bonds is 3. The highest BCUT2D eigenvalue weighted by molar-refractivity contribution is 5.99. The molecule has 1 saturated carbocycles. The summed E-state index contributed by atoms with van der Waals surface area (Å²) < 4.78 is 0. The summed E-state index contributed by atoms with van der Waals surface area (Å²) in [6, 6.07) is 1.45. The molecule has 0 aliphatic heterocycles. The molecule has 1 heterocycles. The first-order valence-electron chi connectivity index (χ1n) is 5.48.